The van der Waals surface area contributed by atoms with Crippen LogP contribution >= 0.6 is 12.6 Å². The Morgan fingerprint density at radius 1 is 0.893 bits per heavy atom. The topological polar surface area (TPSA) is 188 Å². The third-order valence-electron chi connectivity index (χ3n) is 3.74. The Labute approximate surface area is 168 Å². The summed E-state index contributed by atoms with van der Waals surface area (Å²) in [4.78, 5) is 58.4. The quantitative estimate of drug-likeness (QED) is 0.182. The molecule has 160 valence electrons. The van der Waals surface area contributed by atoms with Crippen LogP contribution in [-0.4, -0.2) is 69.8 Å². The number of hydrogen-bond donors (Lipinski definition) is 7. The van der Waals surface area contributed by atoms with Gasteiger partial charge in [-0.05, 0) is 19.3 Å². The molecular formula is C16H28N4O7S. The van der Waals surface area contributed by atoms with Crippen LogP contribution in [-0.2, 0) is 24.0 Å². The lowest BCUT2D eigenvalue weighted by molar-refractivity contribution is -0.143. The van der Waals surface area contributed by atoms with Crippen molar-refractivity contribution in [2.45, 2.75) is 57.8 Å². The van der Waals surface area contributed by atoms with E-state index in [9.17, 15) is 24.0 Å². The van der Waals surface area contributed by atoms with Gasteiger partial charge in [-0.25, -0.2) is 4.79 Å². The van der Waals surface area contributed by atoms with Gasteiger partial charge in [0.15, 0.2) is 0 Å². The Morgan fingerprint density at radius 3 is 1.82 bits per heavy atom. The van der Waals surface area contributed by atoms with Crippen LogP contribution in [0.5, 0.6) is 0 Å². The molecule has 0 heterocycles. The van der Waals surface area contributed by atoms with Crippen LogP contribution in [0.4, 0.5) is 0 Å². The Hall–Kier alpha value is -2.34. The summed E-state index contributed by atoms with van der Waals surface area (Å²) >= 11 is 4.00. The van der Waals surface area contributed by atoms with Gasteiger partial charge in [0.25, 0.3) is 0 Å². The van der Waals surface area contributed by atoms with Crippen molar-refractivity contribution in [3.8, 4) is 0 Å². The van der Waals surface area contributed by atoms with Gasteiger partial charge >= 0.3 is 11.9 Å². The highest BCUT2D eigenvalue weighted by Gasteiger charge is 2.31. The molecule has 0 aliphatic heterocycles. The van der Waals surface area contributed by atoms with Crippen LogP contribution in [0.15, 0.2) is 0 Å². The highest BCUT2D eigenvalue weighted by atomic mass is 32.1. The molecule has 3 amide bonds. The summed E-state index contributed by atoms with van der Waals surface area (Å²) < 4.78 is 0. The molecule has 0 aromatic carbocycles. The average Bonchev–Trinajstić information content (AvgIpc) is 2.59. The van der Waals surface area contributed by atoms with E-state index in [1.807, 2.05) is 0 Å². The van der Waals surface area contributed by atoms with Crippen molar-refractivity contribution >= 4 is 42.3 Å². The smallest absolute Gasteiger partial charge is 0.326 e. The number of carbonyl (C=O) groups excluding carboxylic acids is 3. The lowest BCUT2D eigenvalue weighted by Gasteiger charge is -2.26. The van der Waals surface area contributed by atoms with Gasteiger partial charge in [0.1, 0.15) is 18.1 Å². The van der Waals surface area contributed by atoms with E-state index in [0.29, 0.717) is 0 Å². The first-order chi connectivity index (χ1) is 12.9. The fourth-order valence-electron chi connectivity index (χ4n) is 2.07. The number of carboxylic acids is 2. The summed E-state index contributed by atoms with van der Waals surface area (Å²) in [7, 11) is 0. The molecule has 0 aromatic rings. The van der Waals surface area contributed by atoms with Crippen LogP contribution in [0.3, 0.4) is 0 Å². The van der Waals surface area contributed by atoms with Crippen LogP contribution in [0.1, 0.15) is 33.6 Å². The first-order valence-corrected chi connectivity index (χ1v) is 9.26. The second kappa shape index (κ2) is 12.2. The minimum atomic E-state index is -1.42. The molecular weight excluding hydrogens is 392 g/mol. The molecule has 0 saturated carbocycles. The monoisotopic (exact) mass is 420 g/mol. The second-order valence-corrected chi connectivity index (χ2v) is 6.96. The number of carboxylic acid groups (broad SMARTS) is 2. The Morgan fingerprint density at radius 2 is 1.43 bits per heavy atom. The van der Waals surface area contributed by atoms with E-state index in [2.05, 4.69) is 28.6 Å². The third kappa shape index (κ3) is 9.04. The van der Waals surface area contributed by atoms with E-state index < -0.39 is 66.2 Å². The molecule has 0 aromatic heterocycles. The number of amides is 3. The highest BCUT2D eigenvalue weighted by Crippen LogP contribution is 2.06. The molecule has 0 bridgehead atoms. The van der Waals surface area contributed by atoms with Gasteiger partial charge in [0, 0.05) is 12.2 Å². The molecule has 0 radical (unpaired) electrons. The number of carbonyl (C=O) groups is 5. The summed E-state index contributed by atoms with van der Waals surface area (Å²) in [5.74, 6) is -5.08. The molecule has 28 heavy (non-hydrogen) atoms. The molecule has 0 fully saturated rings. The Kier molecular flexibility index (Phi) is 11.2. The SMILES string of the molecule is CC(N)C(=O)NC(CS)C(=O)NC(C(=O)NC(CCC(=O)O)C(=O)O)C(C)C. The van der Waals surface area contributed by atoms with Crippen molar-refractivity contribution < 1.29 is 34.2 Å². The number of hydrogen-bond acceptors (Lipinski definition) is 7. The van der Waals surface area contributed by atoms with Gasteiger partial charge in [0.2, 0.25) is 17.7 Å². The first-order valence-electron chi connectivity index (χ1n) is 8.62. The lowest BCUT2D eigenvalue weighted by Crippen LogP contribution is -2.58. The third-order valence-corrected chi connectivity index (χ3v) is 4.10. The Bertz CT molecular complexity index is 598. The number of rotatable bonds is 12. The average molecular weight is 420 g/mol. The molecule has 4 unspecified atom stereocenters. The van der Waals surface area contributed by atoms with E-state index >= 15 is 0 Å². The van der Waals surface area contributed by atoms with Crippen molar-refractivity contribution in [3.05, 3.63) is 0 Å². The standard InChI is InChI=1S/C16H28N4O7S/c1-7(2)12(15(25)18-9(16(26)27)4-5-11(21)22)20-14(24)10(6-28)19-13(23)8(3)17/h7-10,12,28H,4-6,17H2,1-3H3,(H,18,25)(H,19,23)(H,20,24)(H,21,22)(H,26,27). The number of nitrogens with one attached hydrogen (secondary N) is 3. The van der Waals surface area contributed by atoms with Crippen molar-refractivity contribution in [2.24, 2.45) is 11.7 Å². The summed E-state index contributed by atoms with van der Waals surface area (Å²) in [6.07, 6.45) is -0.750. The number of aliphatic carboxylic acids is 2. The second-order valence-electron chi connectivity index (χ2n) is 6.59. The predicted molar refractivity (Wildman–Crippen MR) is 103 cm³/mol. The van der Waals surface area contributed by atoms with Crippen molar-refractivity contribution in [1.82, 2.24) is 16.0 Å². The molecule has 0 rings (SSSR count). The first kappa shape index (κ1) is 25.7. The molecule has 0 aliphatic carbocycles. The van der Waals surface area contributed by atoms with Crippen LogP contribution in [0.25, 0.3) is 0 Å². The maximum Gasteiger partial charge on any atom is 0.326 e. The van der Waals surface area contributed by atoms with E-state index in [1.54, 1.807) is 13.8 Å². The highest BCUT2D eigenvalue weighted by molar-refractivity contribution is 7.80. The predicted octanol–water partition coefficient (Wildman–Crippen LogP) is -1.68. The lowest BCUT2D eigenvalue weighted by atomic mass is 10.0. The molecule has 7 N–H and O–H groups in total. The van der Waals surface area contributed by atoms with Gasteiger partial charge in [0.05, 0.1) is 6.04 Å². The normalized spacial score (nSPS) is 15.1. The van der Waals surface area contributed by atoms with Gasteiger partial charge in [-0.1, -0.05) is 13.8 Å². The van der Waals surface area contributed by atoms with E-state index in [0.717, 1.165) is 0 Å². The summed E-state index contributed by atoms with van der Waals surface area (Å²) in [6, 6.07) is -4.41. The zero-order valence-electron chi connectivity index (χ0n) is 16.0. The van der Waals surface area contributed by atoms with Crippen LogP contribution in [0.2, 0.25) is 0 Å². The van der Waals surface area contributed by atoms with Crippen molar-refractivity contribution in [1.29, 1.82) is 0 Å². The zero-order chi connectivity index (χ0) is 22.0. The maximum atomic E-state index is 12.5. The van der Waals surface area contributed by atoms with Gasteiger partial charge < -0.3 is 31.9 Å². The minimum Gasteiger partial charge on any atom is -0.481 e. The van der Waals surface area contributed by atoms with Crippen molar-refractivity contribution in [3.63, 3.8) is 0 Å². The largest absolute Gasteiger partial charge is 0.481 e. The summed E-state index contributed by atoms with van der Waals surface area (Å²) in [5, 5.41) is 24.9. The fourth-order valence-corrected chi connectivity index (χ4v) is 2.33. The Balaban J connectivity index is 5.14. The molecule has 0 aliphatic rings. The number of nitrogens with two attached hydrogens (primary N) is 1. The van der Waals surface area contributed by atoms with Gasteiger partial charge in [-0.15, -0.1) is 0 Å². The minimum absolute atomic E-state index is 0.0485. The molecule has 12 heteroatoms. The van der Waals surface area contributed by atoms with Crippen LogP contribution < -0.4 is 21.7 Å². The fraction of sp³-hybridized carbons (Fsp3) is 0.688. The van der Waals surface area contributed by atoms with Gasteiger partial charge in [-0.2, -0.15) is 12.6 Å². The maximum absolute atomic E-state index is 12.5. The number of thiol groups is 1. The molecule has 11 nitrogen and oxygen atoms in total. The van der Waals surface area contributed by atoms with E-state index in [-0.39, 0.29) is 12.2 Å². The summed E-state index contributed by atoms with van der Waals surface area (Å²) in [6.45, 7) is 4.71. The molecule has 0 saturated heterocycles. The zero-order valence-corrected chi connectivity index (χ0v) is 16.9. The van der Waals surface area contributed by atoms with Gasteiger partial charge in [-0.3, -0.25) is 19.2 Å². The molecule has 0 spiro atoms. The van der Waals surface area contributed by atoms with E-state index in [4.69, 9.17) is 15.9 Å². The van der Waals surface area contributed by atoms with Crippen LogP contribution in [0, 0.1) is 5.92 Å². The van der Waals surface area contributed by atoms with Crippen molar-refractivity contribution in [2.75, 3.05) is 5.75 Å². The summed E-state index contributed by atoms with van der Waals surface area (Å²) in [5.41, 5.74) is 5.44. The molecule has 4 atom stereocenters. The van der Waals surface area contributed by atoms with E-state index in [1.165, 1.54) is 6.92 Å².